The lowest BCUT2D eigenvalue weighted by Crippen LogP contribution is -2.29. The van der Waals surface area contributed by atoms with E-state index >= 15 is 0 Å². The van der Waals surface area contributed by atoms with Crippen molar-refractivity contribution >= 4 is 44.1 Å². The van der Waals surface area contributed by atoms with Crippen LogP contribution in [0, 0.1) is 13.8 Å². The lowest BCUT2D eigenvalue weighted by Gasteiger charge is -2.25. The molecule has 38 heavy (non-hydrogen) atoms. The van der Waals surface area contributed by atoms with Gasteiger partial charge in [0.2, 0.25) is 0 Å². The molecule has 1 aliphatic heterocycles. The van der Waals surface area contributed by atoms with E-state index in [9.17, 15) is 14.7 Å². The molecule has 0 aliphatic carbocycles. The van der Waals surface area contributed by atoms with Crippen LogP contribution in [0.25, 0.3) is 16.0 Å². The number of aliphatic hydroxyl groups is 1. The topological polar surface area (TPSA) is 98.2 Å². The number of nitrogens with zero attached hydrogens (tertiary/aromatic N) is 2. The highest BCUT2D eigenvalue weighted by Gasteiger charge is 2.49. The van der Waals surface area contributed by atoms with Crippen LogP contribution in [-0.4, -0.2) is 43.1 Å². The fourth-order valence-electron chi connectivity index (χ4n) is 4.68. The minimum atomic E-state index is -1.01. The maximum Gasteiger partial charge on any atom is 0.301 e. The first-order chi connectivity index (χ1) is 18.3. The predicted octanol–water partition coefficient (Wildman–Crippen LogP) is 5.57. The summed E-state index contributed by atoms with van der Waals surface area (Å²) in [4.78, 5) is 33.2. The Bertz CT molecular complexity index is 1620. The molecule has 0 saturated carbocycles. The summed E-state index contributed by atoms with van der Waals surface area (Å²) < 4.78 is 17.3. The summed E-state index contributed by atoms with van der Waals surface area (Å²) in [5, 5.41) is 11.8. The highest BCUT2D eigenvalue weighted by Crippen LogP contribution is 2.47. The van der Waals surface area contributed by atoms with Crippen molar-refractivity contribution in [2.45, 2.75) is 19.9 Å². The highest BCUT2D eigenvalue weighted by atomic mass is 32.1. The molecule has 0 unspecified atom stereocenters. The average Bonchev–Trinajstić information content (AvgIpc) is 3.45. The third-order valence-electron chi connectivity index (χ3n) is 6.58. The van der Waals surface area contributed by atoms with Gasteiger partial charge in [-0.25, -0.2) is 4.98 Å². The van der Waals surface area contributed by atoms with Crippen molar-refractivity contribution in [2.24, 2.45) is 0 Å². The number of methoxy groups -OCH3 is 3. The molecule has 5 rings (SSSR count). The van der Waals surface area contributed by atoms with Gasteiger partial charge in [0.25, 0.3) is 5.78 Å². The van der Waals surface area contributed by atoms with Crippen LogP contribution < -0.4 is 19.1 Å². The molecule has 1 amide bonds. The fraction of sp³-hybridized carbons (Fsp3) is 0.207. The number of benzene rings is 3. The first kappa shape index (κ1) is 25.3. The summed E-state index contributed by atoms with van der Waals surface area (Å²) in [6.45, 7) is 3.81. The minimum absolute atomic E-state index is 0.0680. The molecule has 8 nitrogen and oxygen atoms in total. The number of aliphatic hydroxyl groups excluding tert-OH is 1. The molecule has 0 bridgehead atoms. The number of anilines is 1. The van der Waals surface area contributed by atoms with Crippen molar-refractivity contribution in [3.05, 3.63) is 82.4 Å². The highest BCUT2D eigenvalue weighted by molar-refractivity contribution is 7.22. The van der Waals surface area contributed by atoms with Crippen molar-refractivity contribution in [1.29, 1.82) is 0 Å². The van der Waals surface area contributed by atoms with Gasteiger partial charge < -0.3 is 19.3 Å². The van der Waals surface area contributed by atoms with Gasteiger partial charge in [-0.15, -0.1) is 0 Å². The van der Waals surface area contributed by atoms with E-state index < -0.39 is 17.7 Å². The minimum Gasteiger partial charge on any atom is -0.507 e. The number of aryl methyl sites for hydroxylation is 2. The second kappa shape index (κ2) is 9.83. The van der Waals surface area contributed by atoms with Gasteiger partial charge in [-0.2, -0.15) is 0 Å². The van der Waals surface area contributed by atoms with E-state index in [-0.39, 0.29) is 11.3 Å². The monoisotopic (exact) mass is 530 g/mol. The van der Waals surface area contributed by atoms with Crippen molar-refractivity contribution < 1.29 is 28.9 Å². The molecule has 1 N–H and O–H groups in total. The molecule has 9 heteroatoms. The Labute approximate surface area is 223 Å². The summed E-state index contributed by atoms with van der Waals surface area (Å²) in [6.07, 6.45) is 0. The molecule has 194 valence electrons. The summed E-state index contributed by atoms with van der Waals surface area (Å²) in [5.41, 5.74) is 3.32. The fourth-order valence-corrected chi connectivity index (χ4v) is 5.77. The summed E-state index contributed by atoms with van der Waals surface area (Å²) in [5.74, 6) is -0.340. The Hall–Kier alpha value is -4.37. The lowest BCUT2D eigenvalue weighted by molar-refractivity contribution is -0.132. The number of aromatic nitrogens is 1. The van der Waals surface area contributed by atoms with E-state index in [1.54, 1.807) is 43.5 Å². The number of thiazole rings is 1. The first-order valence-electron chi connectivity index (χ1n) is 11.8. The SMILES string of the molecule is COc1ccc(OC)c([C@@H]2/C(=C(\O)c3ccc(OC)c(C)c3)C(=O)C(=O)N2c2nc3ccc(C)cc3s2)c1. The number of hydrogen-bond donors (Lipinski definition) is 1. The molecule has 2 heterocycles. The van der Waals surface area contributed by atoms with Gasteiger partial charge in [-0.1, -0.05) is 17.4 Å². The largest absolute Gasteiger partial charge is 0.507 e. The number of hydrogen-bond acceptors (Lipinski definition) is 8. The quantitative estimate of drug-likeness (QED) is 0.198. The van der Waals surface area contributed by atoms with Crippen LogP contribution in [0.4, 0.5) is 5.13 Å². The van der Waals surface area contributed by atoms with Gasteiger partial charge in [0.05, 0.1) is 37.1 Å². The Morgan fingerprint density at radius 2 is 1.66 bits per heavy atom. The number of ketones is 1. The Kier molecular flexibility index (Phi) is 6.54. The second-order valence-corrected chi connectivity index (χ2v) is 9.94. The number of fused-ring (bicyclic) bond motifs is 1. The molecular formula is C29H26N2O6S. The number of amides is 1. The maximum absolute atomic E-state index is 13.6. The molecule has 1 fully saturated rings. The van der Waals surface area contributed by atoms with Crippen LogP contribution in [0.3, 0.4) is 0 Å². The van der Waals surface area contributed by atoms with Crippen LogP contribution in [0.1, 0.15) is 28.3 Å². The van der Waals surface area contributed by atoms with Gasteiger partial charge >= 0.3 is 5.91 Å². The van der Waals surface area contributed by atoms with Gasteiger partial charge in [-0.05, 0) is 73.5 Å². The standard InChI is InChI=1S/C29H26N2O6S/c1-15-6-9-20-23(12-15)38-29(30-20)31-25(19-14-18(35-3)8-11-22(19)37-5)24(27(33)28(31)34)26(32)17-7-10-21(36-4)16(2)13-17/h6-14,25,32H,1-5H3/b26-24+/t25-/m1/s1. The zero-order valence-corrected chi connectivity index (χ0v) is 22.4. The second-order valence-electron chi connectivity index (χ2n) is 8.93. The number of Topliss-reactive ketones (excluding diaryl/α,β-unsaturated/α-hetero) is 1. The van der Waals surface area contributed by atoms with E-state index in [0.717, 1.165) is 15.8 Å². The van der Waals surface area contributed by atoms with Crippen LogP contribution in [0.5, 0.6) is 17.2 Å². The number of rotatable bonds is 6. The summed E-state index contributed by atoms with van der Waals surface area (Å²) in [6, 6.07) is 15.0. The van der Waals surface area contributed by atoms with Crippen molar-refractivity contribution in [2.75, 3.05) is 26.2 Å². The predicted molar refractivity (Wildman–Crippen MR) is 146 cm³/mol. The average molecular weight is 531 g/mol. The molecule has 1 atom stereocenters. The van der Waals surface area contributed by atoms with Crippen molar-refractivity contribution in [3.63, 3.8) is 0 Å². The molecule has 0 radical (unpaired) electrons. The van der Waals surface area contributed by atoms with Gasteiger partial charge in [-0.3, -0.25) is 14.5 Å². The zero-order chi connectivity index (χ0) is 27.1. The van der Waals surface area contributed by atoms with Gasteiger partial charge in [0.1, 0.15) is 29.0 Å². The molecular weight excluding hydrogens is 504 g/mol. The van der Waals surface area contributed by atoms with Crippen LogP contribution in [0.15, 0.2) is 60.2 Å². The van der Waals surface area contributed by atoms with E-state index in [4.69, 9.17) is 14.2 Å². The summed E-state index contributed by atoms with van der Waals surface area (Å²) in [7, 11) is 4.59. The molecule has 3 aromatic carbocycles. The number of carbonyl (C=O) groups excluding carboxylic acids is 2. The molecule has 1 saturated heterocycles. The molecule has 4 aromatic rings. The molecule has 1 aliphatic rings. The maximum atomic E-state index is 13.6. The van der Waals surface area contributed by atoms with E-state index in [0.29, 0.717) is 39.0 Å². The first-order valence-corrected chi connectivity index (χ1v) is 12.6. The lowest BCUT2D eigenvalue weighted by atomic mass is 9.94. The number of ether oxygens (including phenoxy) is 3. The van der Waals surface area contributed by atoms with Gasteiger partial charge in [0, 0.05) is 11.1 Å². The molecule has 0 spiro atoms. The van der Waals surface area contributed by atoms with Crippen molar-refractivity contribution in [3.8, 4) is 17.2 Å². The van der Waals surface area contributed by atoms with E-state index in [2.05, 4.69) is 4.98 Å². The zero-order valence-electron chi connectivity index (χ0n) is 21.6. The van der Waals surface area contributed by atoms with Crippen molar-refractivity contribution in [1.82, 2.24) is 4.98 Å². The van der Waals surface area contributed by atoms with E-state index in [1.165, 1.54) is 30.5 Å². The Morgan fingerprint density at radius 3 is 2.34 bits per heavy atom. The van der Waals surface area contributed by atoms with Crippen LogP contribution >= 0.6 is 11.3 Å². The molecule has 1 aromatic heterocycles. The number of carbonyl (C=O) groups is 2. The van der Waals surface area contributed by atoms with Crippen LogP contribution in [-0.2, 0) is 9.59 Å². The summed E-state index contributed by atoms with van der Waals surface area (Å²) >= 11 is 1.30. The van der Waals surface area contributed by atoms with Gasteiger partial charge in [0.15, 0.2) is 5.13 Å². The normalized spacial score (nSPS) is 16.8. The van der Waals surface area contributed by atoms with E-state index in [1.807, 2.05) is 32.0 Å². The third kappa shape index (κ3) is 4.14. The Balaban J connectivity index is 1.78. The third-order valence-corrected chi connectivity index (χ3v) is 7.60. The Morgan fingerprint density at radius 1 is 0.921 bits per heavy atom. The van der Waals surface area contributed by atoms with Crippen LogP contribution in [0.2, 0.25) is 0 Å². The smallest absolute Gasteiger partial charge is 0.301 e.